The third kappa shape index (κ3) is 3.82. The maximum absolute atomic E-state index is 13.1. The van der Waals surface area contributed by atoms with Crippen molar-refractivity contribution in [1.29, 1.82) is 0 Å². The van der Waals surface area contributed by atoms with E-state index in [0.29, 0.717) is 12.6 Å². The molecule has 3 nitrogen and oxygen atoms in total. The summed E-state index contributed by atoms with van der Waals surface area (Å²) in [5, 5.41) is 0. The largest absolute Gasteiger partial charge is 0.369 e. The summed E-state index contributed by atoms with van der Waals surface area (Å²) in [5.74, 6) is -0.180. The Morgan fingerprint density at radius 1 is 1.00 bits per heavy atom. The summed E-state index contributed by atoms with van der Waals surface area (Å²) in [4.78, 5) is 8.75. The number of hydrogen-bond acceptors (Lipinski definition) is 3. The molecule has 1 atom stereocenters. The van der Waals surface area contributed by atoms with Gasteiger partial charge in [0.15, 0.2) is 0 Å². The number of hydrogen-bond donors (Lipinski definition) is 0. The molecule has 0 aromatic heterocycles. The Morgan fingerprint density at radius 3 is 2.21 bits per heavy atom. The van der Waals surface area contributed by atoms with E-state index >= 15 is 0 Å². The Balaban J connectivity index is 1.59. The number of piperazine rings is 1. The quantitative estimate of drug-likeness (QED) is 0.776. The molecule has 0 radical (unpaired) electrons. The number of halogens is 1. The van der Waals surface area contributed by atoms with Gasteiger partial charge in [-0.05, 0) is 49.0 Å². The second-order valence-corrected chi connectivity index (χ2v) is 6.30. The summed E-state index contributed by atoms with van der Waals surface area (Å²) in [6.07, 6.45) is 0. The highest BCUT2D eigenvalue weighted by Gasteiger charge is 2.22. The lowest BCUT2D eigenvalue weighted by Crippen LogP contribution is -2.47. The van der Waals surface area contributed by atoms with Gasteiger partial charge in [-0.15, -0.1) is 0 Å². The summed E-state index contributed by atoms with van der Waals surface area (Å²) in [6, 6.07) is 15.8. The van der Waals surface area contributed by atoms with Crippen molar-refractivity contribution >= 4 is 12.4 Å². The van der Waals surface area contributed by atoms with Gasteiger partial charge in [0.2, 0.25) is 0 Å². The first kappa shape index (κ1) is 16.7. The number of nitrogens with zero attached hydrogens (tertiary/aromatic N) is 3. The molecule has 0 amide bonds. The minimum Gasteiger partial charge on any atom is -0.369 e. The van der Waals surface area contributed by atoms with E-state index in [9.17, 15) is 4.39 Å². The average Bonchev–Trinajstić information content (AvgIpc) is 2.63. The third-order valence-electron chi connectivity index (χ3n) is 4.81. The smallest absolute Gasteiger partial charge is 0.123 e. The van der Waals surface area contributed by atoms with Crippen LogP contribution in [0.2, 0.25) is 0 Å². The highest BCUT2D eigenvalue weighted by Crippen LogP contribution is 2.24. The van der Waals surface area contributed by atoms with E-state index in [1.54, 1.807) is 0 Å². The molecule has 1 fully saturated rings. The van der Waals surface area contributed by atoms with Crippen molar-refractivity contribution < 1.29 is 4.39 Å². The molecular formula is C20H24FN3. The van der Waals surface area contributed by atoms with Gasteiger partial charge in [0.1, 0.15) is 5.82 Å². The van der Waals surface area contributed by atoms with Crippen molar-refractivity contribution in [1.82, 2.24) is 4.90 Å². The van der Waals surface area contributed by atoms with Crippen LogP contribution < -0.4 is 4.90 Å². The average molecular weight is 325 g/mol. The van der Waals surface area contributed by atoms with E-state index in [4.69, 9.17) is 0 Å². The fraction of sp³-hybridized carbons (Fsp3) is 0.350. The molecule has 4 heteroatoms. The fourth-order valence-electron chi connectivity index (χ4n) is 3.26. The van der Waals surface area contributed by atoms with Gasteiger partial charge in [-0.25, -0.2) is 4.39 Å². The van der Waals surface area contributed by atoms with Crippen LogP contribution in [0.15, 0.2) is 53.5 Å². The first-order valence-corrected chi connectivity index (χ1v) is 8.43. The second-order valence-electron chi connectivity index (χ2n) is 6.30. The Morgan fingerprint density at radius 2 is 1.62 bits per heavy atom. The molecule has 2 aromatic rings. The van der Waals surface area contributed by atoms with Gasteiger partial charge < -0.3 is 4.90 Å². The zero-order valence-corrected chi connectivity index (χ0v) is 14.2. The van der Waals surface area contributed by atoms with E-state index in [2.05, 4.69) is 52.7 Å². The summed E-state index contributed by atoms with van der Waals surface area (Å²) >= 11 is 0. The SMILES string of the molecule is C=NCc1ccc([C@@H](C)N2CCN(c3ccc(F)cc3)CC2)cc1. The predicted molar refractivity (Wildman–Crippen MR) is 98.3 cm³/mol. The molecule has 0 N–H and O–H groups in total. The van der Waals surface area contributed by atoms with Crippen LogP contribution in [0.25, 0.3) is 0 Å². The molecule has 3 rings (SSSR count). The summed E-state index contributed by atoms with van der Waals surface area (Å²) < 4.78 is 13.1. The van der Waals surface area contributed by atoms with Gasteiger partial charge in [-0.1, -0.05) is 24.3 Å². The molecule has 1 aliphatic heterocycles. The van der Waals surface area contributed by atoms with Gasteiger partial charge in [0.25, 0.3) is 0 Å². The van der Waals surface area contributed by atoms with Crippen molar-refractivity contribution in [2.24, 2.45) is 4.99 Å². The Kier molecular flexibility index (Phi) is 5.26. The maximum atomic E-state index is 13.1. The topological polar surface area (TPSA) is 18.8 Å². The number of rotatable bonds is 5. The molecule has 0 saturated carbocycles. The normalized spacial score (nSPS) is 16.8. The van der Waals surface area contributed by atoms with E-state index < -0.39 is 0 Å². The third-order valence-corrected chi connectivity index (χ3v) is 4.81. The molecule has 0 spiro atoms. The predicted octanol–water partition coefficient (Wildman–Crippen LogP) is 3.91. The monoisotopic (exact) mass is 325 g/mol. The molecule has 0 bridgehead atoms. The maximum Gasteiger partial charge on any atom is 0.123 e. The standard InChI is InChI=1S/C20H24FN3/c1-16(18-5-3-17(4-6-18)15-22-2)23-11-13-24(14-12-23)20-9-7-19(21)8-10-20/h3-10,16H,2,11-15H2,1H3/t16-/m1/s1. The van der Waals surface area contributed by atoms with E-state index in [-0.39, 0.29) is 5.82 Å². The van der Waals surface area contributed by atoms with Crippen molar-refractivity contribution in [2.45, 2.75) is 19.5 Å². The number of aliphatic imine (C=N–C) groups is 1. The summed E-state index contributed by atoms with van der Waals surface area (Å²) in [7, 11) is 0. The van der Waals surface area contributed by atoms with Crippen LogP contribution in [0.5, 0.6) is 0 Å². The van der Waals surface area contributed by atoms with Crippen LogP contribution >= 0.6 is 0 Å². The highest BCUT2D eigenvalue weighted by molar-refractivity contribution is 5.46. The number of benzene rings is 2. The van der Waals surface area contributed by atoms with Crippen LogP contribution in [-0.4, -0.2) is 37.8 Å². The van der Waals surface area contributed by atoms with Crippen LogP contribution in [-0.2, 0) is 6.54 Å². The van der Waals surface area contributed by atoms with E-state index in [0.717, 1.165) is 31.9 Å². The van der Waals surface area contributed by atoms with Crippen LogP contribution in [0.3, 0.4) is 0 Å². The first-order chi connectivity index (χ1) is 11.7. The van der Waals surface area contributed by atoms with Crippen LogP contribution in [0, 0.1) is 5.82 Å². The zero-order chi connectivity index (χ0) is 16.9. The molecule has 2 aromatic carbocycles. The summed E-state index contributed by atoms with van der Waals surface area (Å²) in [6.45, 7) is 10.4. The van der Waals surface area contributed by atoms with E-state index in [1.807, 2.05) is 12.1 Å². The lowest BCUT2D eigenvalue weighted by molar-refractivity contribution is 0.198. The second kappa shape index (κ2) is 7.58. The zero-order valence-electron chi connectivity index (χ0n) is 14.2. The molecule has 24 heavy (non-hydrogen) atoms. The Labute approximate surface area is 143 Å². The van der Waals surface area contributed by atoms with Crippen molar-refractivity contribution in [3.05, 3.63) is 65.5 Å². The van der Waals surface area contributed by atoms with Gasteiger partial charge in [0.05, 0.1) is 6.54 Å². The van der Waals surface area contributed by atoms with Crippen LogP contribution in [0.1, 0.15) is 24.1 Å². The highest BCUT2D eigenvalue weighted by atomic mass is 19.1. The van der Waals surface area contributed by atoms with Gasteiger partial charge in [-0.2, -0.15) is 0 Å². The fourth-order valence-corrected chi connectivity index (χ4v) is 3.26. The minimum atomic E-state index is -0.180. The molecular weight excluding hydrogens is 301 g/mol. The molecule has 126 valence electrons. The van der Waals surface area contributed by atoms with Gasteiger partial charge in [-0.3, -0.25) is 9.89 Å². The molecule has 1 heterocycles. The lowest BCUT2D eigenvalue weighted by Gasteiger charge is -2.39. The van der Waals surface area contributed by atoms with Gasteiger partial charge in [0, 0.05) is 37.9 Å². The van der Waals surface area contributed by atoms with Crippen molar-refractivity contribution in [3.63, 3.8) is 0 Å². The van der Waals surface area contributed by atoms with E-state index in [1.165, 1.54) is 23.3 Å². The Hall–Kier alpha value is -2.20. The molecule has 0 unspecified atom stereocenters. The Bertz CT molecular complexity index is 658. The van der Waals surface area contributed by atoms with Crippen molar-refractivity contribution in [3.8, 4) is 0 Å². The lowest BCUT2D eigenvalue weighted by atomic mass is 10.0. The minimum absolute atomic E-state index is 0.180. The van der Waals surface area contributed by atoms with Crippen molar-refractivity contribution in [2.75, 3.05) is 31.1 Å². The molecule has 0 aliphatic carbocycles. The summed E-state index contributed by atoms with van der Waals surface area (Å²) in [5.41, 5.74) is 3.63. The van der Waals surface area contributed by atoms with Gasteiger partial charge >= 0.3 is 0 Å². The molecule has 1 saturated heterocycles. The van der Waals surface area contributed by atoms with Crippen LogP contribution in [0.4, 0.5) is 10.1 Å². The number of anilines is 1. The molecule has 1 aliphatic rings. The first-order valence-electron chi connectivity index (χ1n) is 8.43.